The van der Waals surface area contributed by atoms with Crippen molar-refractivity contribution in [2.24, 2.45) is 0 Å². The Morgan fingerprint density at radius 3 is 2.62 bits per heavy atom. The average Bonchev–Trinajstić information content (AvgIpc) is 3.25. The van der Waals surface area contributed by atoms with Crippen molar-refractivity contribution in [1.29, 1.82) is 0 Å². The Labute approximate surface area is 176 Å². The molecule has 7 heteroatoms. The van der Waals surface area contributed by atoms with Crippen molar-refractivity contribution in [1.82, 2.24) is 4.98 Å². The molecule has 1 fully saturated rings. The number of nitrogens with one attached hydrogen (secondary N) is 1. The third kappa shape index (κ3) is 4.51. The van der Waals surface area contributed by atoms with E-state index in [0.29, 0.717) is 16.9 Å². The van der Waals surface area contributed by atoms with E-state index in [1.165, 1.54) is 12.1 Å². The van der Waals surface area contributed by atoms with Crippen molar-refractivity contribution in [2.45, 2.75) is 25.2 Å². The maximum Gasteiger partial charge on any atom is 0.257 e. The number of hydrogen-bond acceptors (Lipinski definition) is 5. The van der Waals surface area contributed by atoms with Crippen LogP contribution >= 0.6 is 11.3 Å². The fourth-order valence-electron chi connectivity index (χ4n) is 3.50. The number of nitrogen functional groups attached to an aromatic ring is 1. The number of carbonyl (C=O) groups is 1. The van der Waals surface area contributed by atoms with Crippen LogP contribution in [0.3, 0.4) is 0 Å². The van der Waals surface area contributed by atoms with Crippen LogP contribution in [-0.4, -0.2) is 32.1 Å². The van der Waals surface area contributed by atoms with Gasteiger partial charge in [0.2, 0.25) is 0 Å². The van der Waals surface area contributed by atoms with E-state index in [4.69, 9.17) is 5.73 Å². The Bertz CT molecular complexity index is 992. The van der Waals surface area contributed by atoms with Gasteiger partial charge in [0, 0.05) is 24.2 Å². The Hall–Kier alpha value is -2.64. The molecule has 1 saturated heterocycles. The number of benzene rings is 1. The predicted octanol–water partition coefficient (Wildman–Crippen LogP) is 5.17. The summed E-state index contributed by atoms with van der Waals surface area (Å²) in [6.45, 7) is 7.02. The van der Waals surface area contributed by atoms with E-state index in [9.17, 15) is 4.79 Å². The number of pyridine rings is 1. The first-order chi connectivity index (χ1) is 13.9. The highest BCUT2D eigenvalue weighted by molar-refractivity contribution is 7.13. The second-order valence-electron chi connectivity index (χ2n) is 8.29. The maximum absolute atomic E-state index is 12.7. The average molecular weight is 423 g/mol. The zero-order valence-corrected chi connectivity index (χ0v) is 18.6. The second kappa shape index (κ2) is 8.00. The zero-order chi connectivity index (χ0) is 20.4. The Balaban J connectivity index is 1.46. The van der Waals surface area contributed by atoms with Crippen LogP contribution in [0.2, 0.25) is 25.2 Å². The summed E-state index contributed by atoms with van der Waals surface area (Å²) in [4.78, 5) is 20.7. The molecule has 3 heterocycles. The molecule has 4 rings (SSSR count). The minimum Gasteiger partial charge on any atom is -0.397 e. The first-order valence-electron chi connectivity index (χ1n) is 9.87. The molecule has 5 nitrogen and oxygen atoms in total. The van der Waals surface area contributed by atoms with E-state index < -0.39 is 8.07 Å². The Kier molecular flexibility index (Phi) is 5.43. The number of anilines is 3. The second-order valence-corrected chi connectivity index (χ2v) is 14.6. The van der Waals surface area contributed by atoms with Gasteiger partial charge in [0.15, 0.2) is 0 Å². The lowest BCUT2D eigenvalue weighted by Crippen LogP contribution is -2.43. The van der Waals surface area contributed by atoms with Crippen molar-refractivity contribution in [3.05, 3.63) is 59.6 Å². The van der Waals surface area contributed by atoms with Crippen LogP contribution in [0.25, 0.3) is 10.4 Å². The van der Waals surface area contributed by atoms with Gasteiger partial charge in [-0.05, 0) is 53.4 Å². The Morgan fingerprint density at radius 2 is 1.97 bits per heavy atom. The molecule has 2 aromatic heterocycles. The first-order valence-corrected chi connectivity index (χ1v) is 14.2. The predicted molar refractivity (Wildman–Crippen MR) is 126 cm³/mol. The number of nitrogens with zero attached hydrogens (tertiary/aromatic N) is 2. The molecule has 1 amide bonds. The molecular weight excluding hydrogens is 396 g/mol. The van der Waals surface area contributed by atoms with Crippen LogP contribution in [0.15, 0.2) is 54.0 Å². The molecule has 29 heavy (non-hydrogen) atoms. The molecule has 0 radical (unpaired) electrons. The van der Waals surface area contributed by atoms with Crippen LogP contribution in [0.1, 0.15) is 10.4 Å². The third-order valence-electron chi connectivity index (χ3n) is 5.56. The van der Waals surface area contributed by atoms with Crippen molar-refractivity contribution >= 4 is 42.5 Å². The highest BCUT2D eigenvalue weighted by Crippen LogP contribution is 2.30. The number of hydrogen-bond donors (Lipinski definition) is 2. The van der Waals surface area contributed by atoms with E-state index >= 15 is 0 Å². The van der Waals surface area contributed by atoms with Gasteiger partial charge in [-0.2, -0.15) is 0 Å². The summed E-state index contributed by atoms with van der Waals surface area (Å²) < 4.78 is 0. The van der Waals surface area contributed by atoms with Crippen LogP contribution < -0.4 is 16.0 Å². The molecule has 0 unspecified atom stereocenters. The highest BCUT2D eigenvalue weighted by Gasteiger charge is 2.27. The Morgan fingerprint density at radius 1 is 1.17 bits per heavy atom. The van der Waals surface area contributed by atoms with E-state index in [1.54, 1.807) is 17.5 Å². The van der Waals surface area contributed by atoms with Gasteiger partial charge in [-0.15, -0.1) is 11.3 Å². The molecule has 1 aromatic carbocycles. The fourth-order valence-corrected chi connectivity index (χ4v) is 6.23. The van der Waals surface area contributed by atoms with Gasteiger partial charge in [0.05, 0.1) is 25.0 Å². The number of carbonyl (C=O) groups excluding carboxylic acids is 1. The molecule has 150 valence electrons. The van der Waals surface area contributed by atoms with Crippen molar-refractivity contribution in [3.63, 3.8) is 0 Å². The quantitative estimate of drug-likeness (QED) is 0.449. The van der Waals surface area contributed by atoms with E-state index in [2.05, 4.69) is 34.4 Å². The smallest absolute Gasteiger partial charge is 0.257 e. The third-order valence-corrected chi connectivity index (χ3v) is 9.63. The van der Waals surface area contributed by atoms with Crippen LogP contribution in [0, 0.1) is 0 Å². The number of nitrogens with two attached hydrogens (primary N) is 1. The van der Waals surface area contributed by atoms with Gasteiger partial charge in [-0.25, -0.2) is 4.98 Å². The van der Waals surface area contributed by atoms with Gasteiger partial charge in [0.1, 0.15) is 5.82 Å². The standard InChI is InChI=1S/C22H26N4OSSi/c1-29(2)12-9-26(10-13-29)21-8-6-17(15-24-21)22(27)25-19-14-16(5-7-18(19)23)20-4-3-11-28-20/h3-8,11,14-15H,9-10,12-13,23H2,1-2H3,(H,25,27). The molecule has 3 N–H and O–H groups in total. The van der Waals surface area contributed by atoms with Crippen molar-refractivity contribution < 1.29 is 4.79 Å². The van der Waals surface area contributed by atoms with Crippen LogP contribution in [-0.2, 0) is 0 Å². The highest BCUT2D eigenvalue weighted by atomic mass is 32.1. The lowest BCUT2D eigenvalue weighted by molar-refractivity contribution is 0.102. The SMILES string of the molecule is C[Si]1(C)CCN(c2ccc(C(=O)Nc3cc(-c4cccs4)ccc3N)cn2)CC1. The molecule has 0 aliphatic carbocycles. The van der Waals surface area contributed by atoms with Crippen LogP contribution in [0.5, 0.6) is 0 Å². The minimum atomic E-state index is -1.01. The zero-order valence-electron chi connectivity index (χ0n) is 16.8. The maximum atomic E-state index is 12.7. The number of aromatic nitrogens is 1. The fraction of sp³-hybridized carbons (Fsp3) is 0.273. The van der Waals surface area contributed by atoms with Gasteiger partial charge in [-0.1, -0.05) is 25.2 Å². The van der Waals surface area contributed by atoms with E-state index in [0.717, 1.165) is 29.3 Å². The molecule has 3 aromatic rings. The molecule has 0 bridgehead atoms. The number of amides is 1. The molecular formula is C22H26N4OSSi. The summed E-state index contributed by atoms with van der Waals surface area (Å²) in [7, 11) is -1.01. The molecule has 0 saturated carbocycles. The number of rotatable bonds is 4. The first kappa shape index (κ1) is 19.7. The van der Waals surface area contributed by atoms with E-state index in [1.807, 2.05) is 41.8 Å². The van der Waals surface area contributed by atoms with Gasteiger partial charge in [0.25, 0.3) is 5.91 Å². The summed E-state index contributed by atoms with van der Waals surface area (Å²) >= 11 is 1.66. The normalized spacial score (nSPS) is 15.9. The molecule has 0 atom stereocenters. The topological polar surface area (TPSA) is 71.2 Å². The summed E-state index contributed by atoms with van der Waals surface area (Å²) in [6, 6.07) is 16.1. The monoisotopic (exact) mass is 422 g/mol. The lowest BCUT2D eigenvalue weighted by Gasteiger charge is -2.36. The molecule has 1 aliphatic heterocycles. The minimum absolute atomic E-state index is 0.203. The van der Waals surface area contributed by atoms with Gasteiger partial charge < -0.3 is 16.0 Å². The summed E-state index contributed by atoms with van der Waals surface area (Å²) in [5, 5.41) is 4.96. The van der Waals surface area contributed by atoms with Crippen LogP contribution in [0.4, 0.5) is 17.2 Å². The lowest BCUT2D eigenvalue weighted by atomic mass is 10.1. The van der Waals surface area contributed by atoms with Gasteiger partial charge in [-0.3, -0.25) is 4.79 Å². The molecule has 1 aliphatic rings. The molecule has 0 spiro atoms. The summed E-state index contributed by atoms with van der Waals surface area (Å²) in [6.07, 6.45) is 1.65. The summed E-state index contributed by atoms with van der Waals surface area (Å²) in [5.74, 6) is 0.747. The van der Waals surface area contributed by atoms with Crippen molar-refractivity contribution in [2.75, 3.05) is 29.0 Å². The van der Waals surface area contributed by atoms with E-state index in [-0.39, 0.29) is 5.91 Å². The van der Waals surface area contributed by atoms with Gasteiger partial charge >= 0.3 is 0 Å². The largest absolute Gasteiger partial charge is 0.397 e. The number of thiophene rings is 1. The summed E-state index contributed by atoms with van der Waals surface area (Å²) in [5.41, 5.74) is 8.81. The van der Waals surface area contributed by atoms with Crippen molar-refractivity contribution in [3.8, 4) is 10.4 Å².